The zero-order valence-corrected chi connectivity index (χ0v) is 15.7. The number of rotatable bonds is 5. The molecular formula is C19H22N2O4S. The van der Waals surface area contributed by atoms with Gasteiger partial charge in [-0.25, -0.2) is 8.42 Å². The van der Waals surface area contributed by atoms with E-state index in [-0.39, 0.29) is 10.8 Å². The molecule has 1 fully saturated rings. The lowest BCUT2D eigenvalue weighted by Gasteiger charge is -2.17. The van der Waals surface area contributed by atoms with Crippen molar-refractivity contribution in [2.75, 3.05) is 24.9 Å². The molecule has 0 aliphatic carbocycles. The second-order valence-electron chi connectivity index (χ2n) is 6.31. The molecule has 2 aromatic rings. The molecule has 3 rings (SSSR count). The molecule has 1 aliphatic heterocycles. The molecule has 0 unspecified atom stereocenters. The lowest BCUT2D eigenvalue weighted by Crippen LogP contribution is -2.27. The van der Waals surface area contributed by atoms with Crippen molar-refractivity contribution in [3.8, 4) is 5.75 Å². The highest BCUT2D eigenvalue weighted by molar-refractivity contribution is 7.92. The zero-order chi connectivity index (χ0) is 18.7. The van der Waals surface area contributed by atoms with Crippen LogP contribution in [0.5, 0.6) is 5.75 Å². The van der Waals surface area contributed by atoms with Gasteiger partial charge in [-0.05, 0) is 67.8 Å². The minimum Gasteiger partial charge on any atom is -0.497 e. The molecule has 1 saturated heterocycles. The van der Waals surface area contributed by atoms with Crippen LogP contribution in [0.25, 0.3) is 0 Å². The molecule has 7 heteroatoms. The summed E-state index contributed by atoms with van der Waals surface area (Å²) in [6, 6.07) is 11.2. The van der Waals surface area contributed by atoms with Crippen LogP contribution in [0.2, 0.25) is 0 Å². The summed E-state index contributed by atoms with van der Waals surface area (Å²) in [6.45, 7) is 3.35. The average molecular weight is 374 g/mol. The molecule has 0 aromatic heterocycles. The van der Waals surface area contributed by atoms with E-state index in [1.54, 1.807) is 37.3 Å². The number of ether oxygens (including phenoxy) is 1. The van der Waals surface area contributed by atoms with Crippen molar-refractivity contribution in [1.29, 1.82) is 0 Å². The largest absolute Gasteiger partial charge is 0.497 e. The molecule has 0 bridgehead atoms. The number of nitrogens with one attached hydrogen (secondary N) is 1. The summed E-state index contributed by atoms with van der Waals surface area (Å²) in [5, 5.41) is 0. The molecule has 0 radical (unpaired) electrons. The Kier molecular flexibility index (Phi) is 5.18. The fourth-order valence-corrected chi connectivity index (χ4v) is 4.10. The summed E-state index contributed by atoms with van der Waals surface area (Å²) in [5.41, 5.74) is 1.74. The van der Waals surface area contributed by atoms with Gasteiger partial charge in [-0.1, -0.05) is 0 Å². The quantitative estimate of drug-likeness (QED) is 0.873. The Morgan fingerprint density at radius 3 is 2.31 bits per heavy atom. The molecule has 1 amide bonds. The normalized spacial score (nSPS) is 14.3. The number of amides is 1. The number of nitrogens with zero attached hydrogens (tertiary/aromatic N) is 1. The zero-order valence-electron chi connectivity index (χ0n) is 14.9. The topological polar surface area (TPSA) is 75.7 Å². The van der Waals surface area contributed by atoms with E-state index in [0.29, 0.717) is 22.6 Å². The van der Waals surface area contributed by atoms with Gasteiger partial charge in [-0.3, -0.25) is 9.52 Å². The third-order valence-corrected chi connectivity index (χ3v) is 5.86. The number of likely N-dealkylation sites (tertiary alicyclic amines) is 1. The highest BCUT2D eigenvalue weighted by Gasteiger charge is 2.21. The summed E-state index contributed by atoms with van der Waals surface area (Å²) in [5.74, 6) is 0.583. The summed E-state index contributed by atoms with van der Waals surface area (Å²) in [6.07, 6.45) is 2.06. The van der Waals surface area contributed by atoms with Crippen LogP contribution in [0, 0.1) is 6.92 Å². The van der Waals surface area contributed by atoms with E-state index in [0.717, 1.165) is 25.9 Å². The number of anilines is 1. The molecule has 1 aliphatic rings. The van der Waals surface area contributed by atoms with Gasteiger partial charge in [0.15, 0.2) is 0 Å². The standard InChI is InChI=1S/C19H22N2O4S/c1-14-13-15(19(22)21-11-3-4-12-21)5-10-18(14)20-26(23,24)17-8-6-16(25-2)7-9-17/h5-10,13,20H,3-4,11-12H2,1-2H3. The lowest BCUT2D eigenvalue weighted by molar-refractivity contribution is 0.0792. The number of methoxy groups -OCH3 is 1. The molecule has 1 N–H and O–H groups in total. The molecule has 0 atom stereocenters. The van der Waals surface area contributed by atoms with Crippen LogP contribution in [0.3, 0.4) is 0 Å². The number of hydrogen-bond acceptors (Lipinski definition) is 4. The van der Waals surface area contributed by atoms with E-state index >= 15 is 0 Å². The Labute approximate surface area is 153 Å². The van der Waals surface area contributed by atoms with Crippen molar-refractivity contribution in [2.45, 2.75) is 24.7 Å². The molecule has 0 saturated carbocycles. The Morgan fingerprint density at radius 2 is 1.73 bits per heavy atom. The van der Waals surface area contributed by atoms with Crippen LogP contribution in [0.15, 0.2) is 47.4 Å². The van der Waals surface area contributed by atoms with Gasteiger partial charge in [0.25, 0.3) is 15.9 Å². The van der Waals surface area contributed by atoms with E-state index in [1.165, 1.54) is 19.2 Å². The molecular weight excluding hydrogens is 352 g/mol. The Balaban J connectivity index is 1.79. The molecule has 26 heavy (non-hydrogen) atoms. The van der Waals surface area contributed by atoms with Crippen molar-refractivity contribution < 1.29 is 17.9 Å². The summed E-state index contributed by atoms with van der Waals surface area (Å²) in [7, 11) is -2.19. The summed E-state index contributed by atoms with van der Waals surface area (Å²) in [4.78, 5) is 14.4. The van der Waals surface area contributed by atoms with Gasteiger partial charge in [0.2, 0.25) is 0 Å². The number of sulfonamides is 1. The van der Waals surface area contributed by atoms with Gasteiger partial charge < -0.3 is 9.64 Å². The second kappa shape index (κ2) is 7.37. The minimum atomic E-state index is -3.71. The smallest absolute Gasteiger partial charge is 0.261 e. The Morgan fingerprint density at radius 1 is 1.08 bits per heavy atom. The Bertz CT molecular complexity index is 902. The fraction of sp³-hybridized carbons (Fsp3) is 0.316. The predicted octanol–water partition coefficient (Wildman–Crippen LogP) is 3.04. The van der Waals surface area contributed by atoms with Crippen LogP contribution in [-0.2, 0) is 10.0 Å². The first-order valence-corrected chi connectivity index (χ1v) is 9.96. The predicted molar refractivity (Wildman–Crippen MR) is 100 cm³/mol. The van der Waals surface area contributed by atoms with E-state index < -0.39 is 10.0 Å². The fourth-order valence-electron chi connectivity index (χ4n) is 2.97. The first-order valence-electron chi connectivity index (χ1n) is 8.47. The van der Waals surface area contributed by atoms with E-state index in [1.807, 2.05) is 4.90 Å². The molecule has 1 heterocycles. The maximum atomic E-state index is 12.6. The summed E-state index contributed by atoms with van der Waals surface area (Å²) < 4.78 is 32.7. The number of benzene rings is 2. The van der Waals surface area contributed by atoms with Crippen LogP contribution in [0.4, 0.5) is 5.69 Å². The maximum Gasteiger partial charge on any atom is 0.261 e. The maximum absolute atomic E-state index is 12.6. The summed E-state index contributed by atoms with van der Waals surface area (Å²) >= 11 is 0. The van der Waals surface area contributed by atoms with Gasteiger partial charge in [-0.2, -0.15) is 0 Å². The number of carbonyl (C=O) groups is 1. The van der Waals surface area contributed by atoms with Gasteiger partial charge in [0.1, 0.15) is 5.75 Å². The third-order valence-electron chi connectivity index (χ3n) is 4.48. The highest BCUT2D eigenvalue weighted by atomic mass is 32.2. The van der Waals surface area contributed by atoms with Gasteiger partial charge in [0.05, 0.1) is 17.7 Å². The first kappa shape index (κ1) is 18.3. The van der Waals surface area contributed by atoms with Crippen molar-refractivity contribution in [3.63, 3.8) is 0 Å². The SMILES string of the molecule is COc1ccc(S(=O)(=O)Nc2ccc(C(=O)N3CCCC3)cc2C)cc1. The lowest BCUT2D eigenvalue weighted by atomic mass is 10.1. The van der Waals surface area contributed by atoms with Crippen molar-refractivity contribution in [1.82, 2.24) is 4.90 Å². The van der Waals surface area contributed by atoms with Crippen molar-refractivity contribution in [3.05, 3.63) is 53.6 Å². The van der Waals surface area contributed by atoms with Gasteiger partial charge in [0, 0.05) is 18.7 Å². The monoisotopic (exact) mass is 374 g/mol. The highest BCUT2D eigenvalue weighted by Crippen LogP contribution is 2.23. The van der Waals surface area contributed by atoms with E-state index in [4.69, 9.17) is 4.74 Å². The van der Waals surface area contributed by atoms with E-state index in [2.05, 4.69) is 4.72 Å². The van der Waals surface area contributed by atoms with Gasteiger partial charge in [-0.15, -0.1) is 0 Å². The molecule has 138 valence electrons. The molecule has 2 aromatic carbocycles. The first-order chi connectivity index (χ1) is 12.4. The van der Waals surface area contributed by atoms with Crippen LogP contribution < -0.4 is 9.46 Å². The number of carbonyl (C=O) groups excluding carboxylic acids is 1. The van der Waals surface area contributed by atoms with Crippen LogP contribution in [-0.4, -0.2) is 39.4 Å². The molecule has 6 nitrogen and oxygen atoms in total. The second-order valence-corrected chi connectivity index (χ2v) is 7.99. The van der Waals surface area contributed by atoms with Gasteiger partial charge >= 0.3 is 0 Å². The number of hydrogen-bond donors (Lipinski definition) is 1. The van der Waals surface area contributed by atoms with E-state index in [9.17, 15) is 13.2 Å². The van der Waals surface area contributed by atoms with Crippen molar-refractivity contribution in [2.24, 2.45) is 0 Å². The van der Waals surface area contributed by atoms with Crippen LogP contribution in [0.1, 0.15) is 28.8 Å². The van der Waals surface area contributed by atoms with Crippen molar-refractivity contribution >= 4 is 21.6 Å². The van der Waals surface area contributed by atoms with Crippen LogP contribution >= 0.6 is 0 Å². The average Bonchev–Trinajstić information content (AvgIpc) is 3.17. The molecule has 0 spiro atoms. The Hall–Kier alpha value is -2.54. The number of aryl methyl sites for hydroxylation is 1. The minimum absolute atomic E-state index is 0.00448. The third kappa shape index (κ3) is 3.83.